The van der Waals surface area contributed by atoms with Crippen LogP contribution < -0.4 is 5.32 Å². The van der Waals surface area contributed by atoms with Gasteiger partial charge in [-0.15, -0.1) is 0 Å². The number of halogens is 3. The Balaban J connectivity index is 1.61. The summed E-state index contributed by atoms with van der Waals surface area (Å²) >= 11 is 12.0. The van der Waals surface area contributed by atoms with E-state index in [2.05, 4.69) is 10.3 Å². The first-order chi connectivity index (χ1) is 11.0. The van der Waals surface area contributed by atoms with Gasteiger partial charge in [-0.25, -0.2) is 4.39 Å². The molecule has 0 saturated carbocycles. The van der Waals surface area contributed by atoms with Gasteiger partial charge in [0.1, 0.15) is 5.82 Å². The Morgan fingerprint density at radius 1 is 1.09 bits per heavy atom. The monoisotopic (exact) mass is 352 g/mol. The van der Waals surface area contributed by atoms with Crippen molar-refractivity contribution >= 4 is 34.1 Å². The molecular weight excluding hydrogens is 338 g/mol. The zero-order chi connectivity index (χ0) is 16.4. The second kappa shape index (κ2) is 6.89. The van der Waals surface area contributed by atoms with Crippen LogP contribution in [0.5, 0.6) is 0 Å². The van der Waals surface area contributed by atoms with Gasteiger partial charge in [-0.1, -0.05) is 35.3 Å². The lowest BCUT2D eigenvalue weighted by Crippen LogP contribution is -2.21. The molecule has 3 N–H and O–H groups in total. The van der Waals surface area contributed by atoms with Crippen molar-refractivity contribution in [3.63, 3.8) is 0 Å². The van der Waals surface area contributed by atoms with Crippen LogP contribution in [0.2, 0.25) is 10.0 Å². The minimum Gasteiger partial charge on any atom is -0.387 e. The summed E-state index contributed by atoms with van der Waals surface area (Å²) in [4.78, 5) is 3.25. The third kappa shape index (κ3) is 3.85. The molecule has 0 saturated heterocycles. The SMILES string of the molecule is OC(CNCc1cc2cc(Cl)c(Cl)cc2[nH]1)c1ccc(F)cc1. The predicted octanol–water partition coefficient (Wildman–Crippen LogP) is 4.44. The minimum atomic E-state index is -0.691. The van der Waals surface area contributed by atoms with Gasteiger partial charge < -0.3 is 15.4 Å². The van der Waals surface area contributed by atoms with Gasteiger partial charge in [-0.05, 0) is 35.9 Å². The average Bonchev–Trinajstić information content (AvgIpc) is 2.90. The van der Waals surface area contributed by atoms with Gasteiger partial charge in [-0.2, -0.15) is 0 Å². The number of benzene rings is 2. The van der Waals surface area contributed by atoms with E-state index in [1.807, 2.05) is 12.1 Å². The molecule has 0 spiro atoms. The van der Waals surface area contributed by atoms with Crippen LogP contribution in [-0.2, 0) is 6.54 Å². The second-order valence-corrected chi connectivity index (χ2v) is 6.16. The fourth-order valence-electron chi connectivity index (χ4n) is 2.43. The van der Waals surface area contributed by atoms with Gasteiger partial charge in [0.15, 0.2) is 0 Å². The van der Waals surface area contributed by atoms with Crippen molar-refractivity contribution in [3.05, 3.63) is 69.6 Å². The maximum atomic E-state index is 12.9. The number of aromatic nitrogens is 1. The molecule has 3 aromatic rings. The highest BCUT2D eigenvalue weighted by molar-refractivity contribution is 6.42. The van der Waals surface area contributed by atoms with Crippen molar-refractivity contribution in [2.75, 3.05) is 6.54 Å². The average molecular weight is 353 g/mol. The molecule has 0 fully saturated rings. The molecule has 0 amide bonds. The van der Waals surface area contributed by atoms with E-state index in [0.717, 1.165) is 16.6 Å². The molecule has 120 valence electrons. The molecule has 3 rings (SSSR count). The Labute approximate surface area is 143 Å². The zero-order valence-electron chi connectivity index (χ0n) is 12.1. The van der Waals surface area contributed by atoms with Gasteiger partial charge in [-0.3, -0.25) is 0 Å². The highest BCUT2D eigenvalue weighted by Crippen LogP contribution is 2.28. The number of H-pyrrole nitrogens is 1. The Hall–Kier alpha value is -1.59. The first-order valence-electron chi connectivity index (χ1n) is 7.14. The number of hydrogen-bond acceptors (Lipinski definition) is 2. The number of aliphatic hydroxyl groups is 1. The normalized spacial score (nSPS) is 12.7. The van der Waals surface area contributed by atoms with Crippen LogP contribution in [0.1, 0.15) is 17.4 Å². The van der Waals surface area contributed by atoms with Crippen LogP contribution in [-0.4, -0.2) is 16.6 Å². The molecule has 3 nitrogen and oxygen atoms in total. The largest absolute Gasteiger partial charge is 0.387 e. The summed E-state index contributed by atoms with van der Waals surface area (Å²) < 4.78 is 12.9. The minimum absolute atomic E-state index is 0.315. The third-order valence-electron chi connectivity index (χ3n) is 3.63. The molecule has 1 aromatic heterocycles. The number of rotatable bonds is 5. The fourth-order valence-corrected chi connectivity index (χ4v) is 2.76. The quantitative estimate of drug-likeness (QED) is 0.635. The van der Waals surface area contributed by atoms with Crippen molar-refractivity contribution in [2.24, 2.45) is 0 Å². The lowest BCUT2D eigenvalue weighted by molar-refractivity contribution is 0.174. The molecule has 6 heteroatoms. The molecular formula is C17H15Cl2FN2O. The van der Waals surface area contributed by atoms with E-state index in [1.54, 1.807) is 18.2 Å². The van der Waals surface area contributed by atoms with E-state index < -0.39 is 6.10 Å². The van der Waals surface area contributed by atoms with Gasteiger partial charge >= 0.3 is 0 Å². The molecule has 2 aromatic carbocycles. The van der Waals surface area contributed by atoms with E-state index in [-0.39, 0.29) is 5.82 Å². The molecule has 23 heavy (non-hydrogen) atoms. The van der Waals surface area contributed by atoms with Crippen LogP contribution in [0.4, 0.5) is 4.39 Å². The summed E-state index contributed by atoms with van der Waals surface area (Å²) in [5, 5.41) is 15.2. The van der Waals surface area contributed by atoms with E-state index in [9.17, 15) is 9.50 Å². The topological polar surface area (TPSA) is 48.0 Å². The Morgan fingerprint density at radius 2 is 1.78 bits per heavy atom. The van der Waals surface area contributed by atoms with Crippen LogP contribution in [0.25, 0.3) is 10.9 Å². The summed E-state index contributed by atoms with van der Waals surface area (Å²) in [6.07, 6.45) is -0.691. The van der Waals surface area contributed by atoms with Gasteiger partial charge in [0.2, 0.25) is 0 Å². The molecule has 0 aliphatic rings. The van der Waals surface area contributed by atoms with E-state index in [4.69, 9.17) is 23.2 Å². The van der Waals surface area contributed by atoms with Gasteiger partial charge in [0.25, 0.3) is 0 Å². The van der Waals surface area contributed by atoms with E-state index in [0.29, 0.717) is 28.7 Å². The smallest absolute Gasteiger partial charge is 0.123 e. The van der Waals surface area contributed by atoms with Crippen molar-refractivity contribution < 1.29 is 9.50 Å². The number of nitrogens with one attached hydrogen (secondary N) is 2. The first kappa shape index (κ1) is 16.3. The van der Waals surface area contributed by atoms with Crippen LogP contribution in [0.3, 0.4) is 0 Å². The zero-order valence-corrected chi connectivity index (χ0v) is 13.6. The Kier molecular flexibility index (Phi) is 4.87. The van der Waals surface area contributed by atoms with Crippen molar-refractivity contribution in [1.29, 1.82) is 0 Å². The van der Waals surface area contributed by atoms with Crippen molar-refractivity contribution in [2.45, 2.75) is 12.6 Å². The summed E-state index contributed by atoms with van der Waals surface area (Å²) in [5.74, 6) is -0.315. The molecule has 0 aliphatic carbocycles. The summed E-state index contributed by atoms with van der Waals surface area (Å²) in [7, 11) is 0. The first-order valence-corrected chi connectivity index (χ1v) is 7.89. The predicted molar refractivity (Wildman–Crippen MR) is 91.4 cm³/mol. The lowest BCUT2D eigenvalue weighted by atomic mass is 10.1. The lowest BCUT2D eigenvalue weighted by Gasteiger charge is -2.11. The van der Waals surface area contributed by atoms with Crippen LogP contribution in [0, 0.1) is 5.82 Å². The molecule has 1 unspecified atom stereocenters. The summed E-state index contributed by atoms with van der Waals surface area (Å²) in [6, 6.07) is 11.4. The Morgan fingerprint density at radius 3 is 2.52 bits per heavy atom. The summed E-state index contributed by atoms with van der Waals surface area (Å²) in [6.45, 7) is 0.921. The number of fused-ring (bicyclic) bond motifs is 1. The molecule has 0 bridgehead atoms. The maximum absolute atomic E-state index is 12.9. The highest BCUT2D eigenvalue weighted by Gasteiger charge is 2.08. The van der Waals surface area contributed by atoms with Crippen LogP contribution in [0.15, 0.2) is 42.5 Å². The molecule has 0 radical (unpaired) electrons. The third-order valence-corrected chi connectivity index (χ3v) is 4.35. The molecule has 1 heterocycles. The number of aromatic amines is 1. The summed E-state index contributed by atoms with van der Waals surface area (Å²) in [5.41, 5.74) is 2.55. The molecule has 1 atom stereocenters. The van der Waals surface area contributed by atoms with Gasteiger partial charge in [0.05, 0.1) is 16.1 Å². The van der Waals surface area contributed by atoms with E-state index in [1.165, 1.54) is 12.1 Å². The van der Waals surface area contributed by atoms with Crippen molar-refractivity contribution in [1.82, 2.24) is 10.3 Å². The van der Waals surface area contributed by atoms with Gasteiger partial charge in [0, 0.05) is 29.7 Å². The number of aliphatic hydroxyl groups excluding tert-OH is 1. The maximum Gasteiger partial charge on any atom is 0.123 e. The van der Waals surface area contributed by atoms with Crippen molar-refractivity contribution in [3.8, 4) is 0 Å². The Bertz CT molecular complexity index is 778. The van der Waals surface area contributed by atoms with Crippen LogP contribution >= 0.6 is 23.2 Å². The molecule has 0 aliphatic heterocycles. The fraction of sp³-hybridized carbons (Fsp3) is 0.176. The second-order valence-electron chi connectivity index (χ2n) is 5.35. The standard InChI is InChI=1S/C17H15Cl2FN2O/c18-14-6-11-5-13(22-16(11)7-15(14)19)8-21-9-17(23)10-1-3-12(20)4-2-10/h1-7,17,21-23H,8-9H2. The van der Waals surface area contributed by atoms with E-state index >= 15 is 0 Å². The number of hydrogen-bond donors (Lipinski definition) is 3. The highest BCUT2D eigenvalue weighted by atomic mass is 35.5.